The highest BCUT2D eigenvalue weighted by Crippen LogP contribution is 2.35. The van der Waals surface area contributed by atoms with Crippen molar-refractivity contribution in [3.05, 3.63) is 42.5 Å². The normalized spacial score (nSPS) is 16.6. The van der Waals surface area contributed by atoms with Crippen LogP contribution in [0.15, 0.2) is 42.5 Å². The summed E-state index contributed by atoms with van der Waals surface area (Å²) in [5, 5.41) is 3.10. The SMILES string of the molecule is COc1cccc(NC2CC(=O)N(c3ccc(OC)cc3OC)C2=O)c1. The van der Waals surface area contributed by atoms with E-state index in [1.54, 1.807) is 37.4 Å². The van der Waals surface area contributed by atoms with Gasteiger partial charge in [0.2, 0.25) is 5.91 Å². The van der Waals surface area contributed by atoms with Crippen LogP contribution in [0.1, 0.15) is 6.42 Å². The molecule has 0 aliphatic carbocycles. The summed E-state index contributed by atoms with van der Waals surface area (Å²) in [4.78, 5) is 26.5. The van der Waals surface area contributed by atoms with Crippen molar-refractivity contribution in [2.45, 2.75) is 12.5 Å². The zero-order valence-corrected chi connectivity index (χ0v) is 14.8. The van der Waals surface area contributed by atoms with Gasteiger partial charge in [-0.05, 0) is 24.3 Å². The predicted molar refractivity (Wildman–Crippen MR) is 97.1 cm³/mol. The number of benzene rings is 2. The Labute approximate surface area is 151 Å². The Morgan fingerprint density at radius 3 is 2.38 bits per heavy atom. The standard InChI is InChI=1S/C19H20N2O5/c1-24-13-6-4-5-12(9-13)20-15-11-18(22)21(19(15)23)16-8-7-14(25-2)10-17(16)26-3/h4-10,15,20H,11H2,1-3H3. The molecule has 0 saturated carbocycles. The highest BCUT2D eigenvalue weighted by atomic mass is 16.5. The number of carbonyl (C=O) groups is 2. The molecule has 1 fully saturated rings. The molecule has 3 rings (SSSR count). The molecule has 1 aliphatic heterocycles. The molecule has 1 atom stereocenters. The first-order valence-electron chi connectivity index (χ1n) is 8.06. The van der Waals surface area contributed by atoms with E-state index in [0.717, 1.165) is 4.90 Å². The van der Waals surface area contributed by atoms with E-state index in [-0.39, 0.29) is 18.2 Å². The molecule has 136 valence electrons. The molecule has 0 spiro atoms. The maximum Gasteiger partial charge on any atom is 0.256 e. The number of amides is 2. The van der Waals surface area contributed by atoms with Crippen LogP contribution in [0.5, 0.6) is 17.2 Å². The van der Waals surface area contributed by atoms with Crippen molar-refractivity contribution in [3.63, 3.8) is 0 Å². The quantitative estimate of drug-likeness (QED) is 0.801. The lowest BCUT2D eigenvalue weighted by Crippen LogP contribution is -2.35. The number of nitrogens with zero attached hydrogens (tertiary/aromatic N) is 1. The summed E-state index contributed by atoms with van der Waals surface area (Å²) in [7, 11) is 4.59. The number of methoxy groups -OCH3 is 3. The lowest BCUT2D eigenvalue weighted by atomic mass is 10.2. The van der Waals surface area contributed by atoms with E-state index in [1.165, 1.54) is 14.2 Å². The second kappa shape index (κ2) is 7.35. The Kier molecular flexibility index (Phi) is 4.97. The number of nitrogens with one attached hydrogen (secondary N) is 1. The Balaban J connectivity index is 1.85. The minimum Gasteiger partial charge on any atom is -0.497 e. The average Bonchev–Trinajstić information content (AvgIpc) is 2.94. The molecule has 0 aromatic heterocycles. The molecule has 2 aromatic rings. The van der Waals surface area contributed by atoms with E-state index in [2.05, 4.69) is 5.32 Å². The van der Waals surface area contributed by atoms with Crippen LogP contribution in [0.2, 0.25) is 0 Å². The molecule has 1 heterocycles. The third kappa shape index (κ3) is 3.28. The van der Waals surface area contributed by atoms with E-state index in [4.69, 9.17) is 14.2 Å². The van der Waals surface area contributed by atoms with Crippen molar-refractivity contribution in [1.29, 1.82) is 0 Å². The van der Waals surface area contributed by atoms with Crippen LogP contribution in [0.3, 0.4) is 0 Å². The molecular weight excluding hydrogens is 336 g/mol. The summed E-state index contributed by atoms with van der Waals surface area (Å²) >= 11 is 0. The van der Waals surface area contributed by atoms with Gasteiger partial charge >= 0.3 is 0 Å². The van der Waals surface area contributed by atoms with Crippen molar-refractivity contribution >= 4 is 23.2 Å². The predicted octanol–water partition coefficient (Wildman–Crippen LogP) is 2.46. The van der Waals surface area contributed by atoms with Gasteiger partial charge in [-0.15, -0.1) is 0 Å². The van der Waals surface area contributed by atoms with E-state index >= 15 is 0 Å². The fraction of sp³-hybridized carbons (Fsp3) is 0.263. The maximum atomic E-state index is 12.8. The molecule has 2 amide bonds. The fourth-order valence-electron chi connectivity index (χ4n) is 2.88. The van der Waals surface area contributed by atoms with Crippen LogP contribution in [0.4, 0.5) is 11.4 Å². The Hall–Kier alpha value is -3.22. The lowest BCUT2D eigenvalue weighted by molar-refractivity contribution is -0.121. The molecule has 7 nitrogen and oxygen atoms in total. The Morgan fingerprint density at radius 2 is 1.69 bits per heavy atom. The summed E-state index contributed by atoms with van der Waals surface area (Å²) in [5.41, 5.74) is 1.11. The van der Waals surface area contributed by atoms with E-state index < -0.39 is 6.04 Å². The van der Waals surface area contributed by atoms with E-state index in [9.17, 15) is 9.59 Å². The first-order valence-corrected chi connectivity index (χ1v) is 8.06. The molecular formula is C19H20N2O5. The number of ether oxygens (including phenoxy) is 3. The number of rotatable bonds is 6. The van der Waals surface area contributed by atoms with Gasteiger partial charge in [0, 0.05) is 17.8 Å². The lowest BCUT2D eigenvalue weighted by Gasteiger charge is -2.19. The minimum atomic E-state index is -0.651. The van der Waals surface area contributed by atoms with Crippen LogP contribution in [-0.2, 0) is 9.59 Å². The molecule has 1 aliphatic rings. The first kappa shape index (κ1) is 17.6. The van der Waals surface area contributed by atoms with E-state index in [0.29, 0.717) is 28.6 Å². The topological polar surface area (TPSA) is 77.1 Å². The van der Waals surface area contributed by atoms with E-state index in [1.807, 2.05) is 12.1 Å². The molecule has 0 bridgehead atoms. The smallest absolute Gasteiger partial charge is 0.256 e. The summed E-state index contributed by atoms with van der Waals surface area (Å²) in [6.45, 7) is 0. The second-order valence-electron chi connectivity index (χ2n) is 5.74. The van der Waals surface area contributed by atoms with Crippen LogP contribution in [0, 0.1) is 0 Å². The summed E-state index contributed by atoms with van der Waals surface area (Å²) in [6.07, 6.45) is 0.0607. The molecule has 1 N–H and O–H groups in total. The number of anilines is 2. The van der Waals surface area contributed by atoms with Gasteiger partial charge in [-0.2, -0.15) is 0 Å². The largest absolute Gasteiger partial charge is 0.497 e. The van der Waals surface area contributed by atoms with Crippen molar-refractivity contribution < 1.29 is 23.8 Å². The third-order valence-corrected chi connectivity index (χ3v) is 4.19. The van der Waals surface area contributed by atoms with Crippen molar-refractivity contribution in [1.82, 2.24) is 0 Å². The van der Waals surface area contributed by atoms with Crippen LogP contribution >= 0.6 is 0 Å². The van der Waals surface area contributed by atoms with Gasteiger partial charge < -0.3 is 19.5 Å². The van der Waals surface area contributed by atoms with Gasteiger partial charge in [0.25, 0.3) is 5.91 Å². The van der Waals surface area contributed by atoms with Gasteiger partial charge in [0.15, 0.2) is 0 Å². The number of hydrogen-bond donors (Lipinski definition) is 1. The highest BCUT2D eigenvalue weighted by Gasteiger charge is 2.40. The van der Waals surface area contributed by atoms with Gasteiger partial charge in [-0.1, -0.05) is 6.07 Å². The van der Waals surface area contributed by atoms with Crippen LogP contribution < -0.4 is 24.4 Å². The van der Waals surface area contributed by atoms with Crippen molar-refractivity contribution in [2.24, 2.45) is 0 Å². The zero-order chi connectivity index (χ0) is 18.7. The molecule has 1 unspecified atom stereocenters. The summed E-state index contributed by atoms with van der Waals surface area (Å²) in [6, 6.07) is 11.5. The Bertz CT molecular complexity index is 836. The molecule has 2 aromatic carbocycles. The third-order valence-electron chi connectivity index (χ3n) is 4.19. The van der Waals surface area contributed by atoms with Crippen LogP contribution in [0.25, 0.3) is 0 Å². The van der Waals surface area contributed by atoms with Crippen LogP contribution in [-0.4, -0.2) is 39.2 Å². The number of imide groups is 1. The number of hydrogen-bond acceptors (Lipinski definition) is 6. The highest BCUT2D eigenvalue weighted by molar-refractivity contribution is 6.23. The monoisotopic (exact) mass is 356 g/mol. The van der Waals surface area contributed by atoms with Gasteiger partial charge in [0.1, 0.15) is 23.3 Å². The fourth-order valence-corrected chi connectivity index (χ4v) is 2.88. The second-order valence-corrected chi connectivity index (χ2v) is 5.74. The summed E-state index contributed by atoms with van der Waals surface area (Å²) < 4.78 is 15.7. The molecule has 7 heteroatoms. The Morgan fingerprint density at radius 1 is 0.962 bits per heavy atom. The van der Waals surface area contributed by atoms with Gasteiger partial charge in [0.05, 0.1) is 33.4 Å². The first-order chi connectivity index (χ1) is 12.6. The van der Waals surface area contributed by atoms with Gasteiger partial charge in [-0.25, -0.2) is 4.90 Å². The molecule has 0 radical (unpaired) electrons. The molecule has 26 heavy (non-hydrogen) atoms. The maximum absolute atomic E-state index is 12.8. The van der Waals surface area contributed by atoms with Crippen molar-refractivity contribution in [3.8, 4) is 17.2 Å². The minimum absolute atomic E-state index is 0.0607. The average molecular weight is 356 g/mol. The molecule has 1 saturated heterocycles. The summed E-state index contributed by atoms with van der Waals surface area (Å²) in [5.74, 6) is 1.02. The van der Waals surface area contributed by atoms with Gasteiger partial charge in [-0.3, -0.25) is 9.59 Å². The zero-order valence-electron chi connectivity index (χ0n) is 14.8. The van der Waals surface area contributed by atoms with Crippen molar-refractivity contribution in [2.75, 3.05) is 31.5 Å². The number of carbonyl (C=O) groups excluding carboxylic acids is 2.